The van der Waals surface area contributed by atoms with Gasteiger partial charge in [0.15, 0.2) is 17.3 Å². The highest BCUT2D eigenvalue weighted by molar-refractivity contribution is 6.19. The van der Waals surface area contributed by atoms with Crippen LogP contribution in [0.15, 0.2) is 17.4 Å². The molecule has 0 bridgehead atoms. The number of aliphatic hydroxyl groups is 1. The van der Waals surface area contributed by atoms with Crippen LogP contribution < -0.4 is 0 Å². The quantitative estimate of drug-likeness (QED) is 0.417. The van der Waals surface area contributed by atoms with Crippen LogP contribution in [0.4, 0.5) is 0 Å². The van der Waals surface area contributed by atoms with Crippen molar-refractivity contribution in [3.8, 4) is 17.2 Å². The fourth-order valence-corrected chi connectivity index (χ4v) is 4.18. The number of phenols is 3. The third-order valence-corrected chi connectivity index (χ3v) is 5.97. The van der Waals surface area contributed by atoms with E-state index in [1.54, 1.807) is 20.8 Å². The van der Waals surface area contributed by atoms with Crippen LogP contribution in [0.3, 0.4) is 0 Å². The van der Waals surface area contributed by atoms with Gasteiger partial charge in [0.05, 0.1) is 10.8 Å². The van der Waals surface area contributed by atoms with E-state index < -0.39 is 63.0 Å². The van der Waals surface area contributed by atoms with Crippen LogP contribution in [0.2, 0.25) is 0 Å². The summed E-state index contributed by atoms with van der Waals surface area (Å²) in [6, 6.07) is 0.944. The molecule has 0 radical (unpaired) electrons. The Labute approximate surface area is 176 Å². The number of allylic oxidation sites excluding steroid dienone is 2. The molecule has 7 nitrogen and oxygen atoms in total. The number of aliphatic hydroxyl groups excluding tert-OH is 1. The summed E-state index contributed by atoms with van der Waals surface area (Å²) in [4.78, 5) is 38.6. The fourth-order valence-electron chi connectivity index (χ4n) is 4.18. The van der Waals surface area contributed by atoms with Crippen LogP contribution in [-0.2, 0) is 9.59 Å². The zero-order valence-corrected chi connectivity index (χ0v) is 18.5. The predicted octanol–water partition coefficient (Wildman–Crippen LogP) is 4.15. The lowest BCUT2D eigenvalue weighted by Gasteiger charge is -2.40. The third-order valence-electron chi connectivity index (χ3n) is 5.97. The maximum Gasteiger partial charge on any atom is 0.175 e. The van der Waals surface area contributed by atoms with Gasteiger partial charge in [0.2, 0.25) is 0 Å². The SMILES string of the molecule is CC[C@H](C1=C(O)C(C)(C)C(=O)C(C)(C)C1=O)c1c(O)cc(O)c(C(=O)C(C)C)c1O. The largest absolute Gasteiger partial charge is 0.511 e. The number of ketones is 3. The first-order valence-corrected chi connectivity index (χ1v) is 9.97. The van der Waals surface area contributed by atoms with Gasteiger partial charge in [0, 0.05) is 29.0 Å². The topological polar surface area (TPSA) is 132 Å². The minimum Gasteiger partial charge on any atom is -0.511 e. The van der Waals surface area contributed by atoms with Crippen LogP contribution in [0.1, 0.15) is 76.7 Å². The second-order valence-electron chi connectivity index (χ2n) is 9.20. The standard InChI is InChI=1S/C23H30O7/c1-8-11(15-19(28)22(4,5)21(30)23(6,7)20(15)29)14-12(24)9-13(25)16(18(14)27)17(26)10(2)3/h9-11,24-25,27-28H,8H2,1-7H3/t11-/m0/s1. The Morgan fingerprint density at radius 3 is 1.97 bits per heavy atom. The van der Waals surface area contributed by atoms with Crippen molar-refractivity contribution < 1.29 is 34.8 Å². The van der Waals surface area contributed by atoms with E-state index in [-0.39, 0.29) is 23.1 Å². The Morgan fingerprint density at radius 2 is 1.50 bits per heavy atom. The van der Waals surface area contributed by atoms with E-state index in [4.69, 9.17) is 0 Å². The van der Waals surface area contributed by atoms with E-state index in [9.17, 15) is 34.8 Å². The van der Waals surface area contributed by atoms with E-state index in [0.29, 0.717) is 0 Å². The molecule has 0 saturated heterocycles. The molecule has 7 heteroatoms. The van der Waals surface area contributed by atoms with Crippen molar-refractivity contribution in [2.45, 2.75) is 60.8 Å². The van der Waals surface area contributed by atoms with E-state index in [2.05, 4.69) is 0 Å². The molecule has 1 atom stereocenters. The molecule has 0 spiro atoms. The maximum absolute atomic E-state index is 13.2. The number of hydrogen-bond donors (Lipinski definition) is 4. The van der Waals surface area contributed by atoms with Gasteiger partial charge in [-0.15, -0.1) is 0 Å². The monoisotopic (exact) mass is 418 g/mol. The number of carbonyl (C=O) groups excluding carboxylic acids is 3. The first kappa shape index (κ1) is 23.4. The molecule has 0 amide bonds. The van der Waals surface area contributed by atoms with Gasteiger partial charge in [-0.25, -0.2) is 0 Å². The van der Waals surface area contributed by atoms with Crippen molar-refractivity contribution in [2.24, 2.45) is 16.7 Å². The van der Waals surface area contributed by atoms with Gasteiger partial charge >= 0.3 is 0 Å². The van der Waals surface area contributed by atoms with Gasteiger partial charge in [-0.1, -0.05) is 20.8 Å². The molecule has 1 aliphatic rings. The number of Topliss-reactive ketones (excluding diaryl/α,β-unsaturated/α-hetero) is 3. The minimum atomic E-state index is -1.42. The number of phenolic OH excluding ortho intramolecular Hbond substituents is 3. The Hall–Kier alpha value is -2.83. The molecule has 2 rings (SSSR count). The van der Waals surface area contributed by atoms with Gasteiger partial charge in [0.1, 0.15) is 28.6 Å². The maximum atomic E-state index is 13.2. The minimum absolute atomic E-state index is 0.0914. The Morgan fingerprint density at radius 1 is 0.967 bits per heavy atom. The molecule has 0 heterocycles. The Kier molecular flexibility index (Phi) is 5.82. The van der Waals surface area contributed by atoms with Crippen molar-refractivity contribution in [1.82, 2.24) is 0 Å². The van der Waals surface area contributed by atoms with Gasteiger partial charge in [0.25, 0.3) is 0 Å². The van der Waals surface area contributed by atoms with Crippen molar-refractivity contribution in [3.63, 3.8) is 0 Å². The highest BCUT2D eigenvalue weighted by Crippen LogP contribution is 2.52. The van der Waals surface area contributed by atoms with Crippen molar-refractivity contribution in [3.05, 3.63) is 28.5 Å². The molecule has 164 valence electrons. The van der Waals surface area contributed by atoms with E-state index in [1.165, 1.54) is 27.7 Å². The number of hydrogen-bond acceptors (Lipinski definition) is 7. The predicted molar refractivity (Wildman–Crippen MR) is 111 cm³/mol. The van der Waals surface area contributed by atoms with Gasteiger partial charge in [-0.2, -0.15) is 0 Å². The first-order chi connectivity index (χ1) is 13.6. The van der Waals surface area contributed by atoms with Crippen LogP contribution >= 0.6 is 0 Å². The average Bonchev–Trinajstić information content (AvgIpc) is 2.64. The fraction of sp³-hybridized carbons (Fsp3) is 0.522. The van der Waals surface area contributed by atoms with Gasteiger partial charge in [-0.05, 0) is 34.1 Å². The number of benzene rings is 1. The van der Waals surface area contributed by atoms with E-state index in [0.717, 1.165) is 6.07 Å². The molecule has 0 aromatic heterocycles. The number of rotatable bonds is 5. The third kappa shape index (κ3) is 3.26. The van der Waals surface area contributed by atoms with E-state index in [1.807, 2.05) is 0 Å². The molecule has 1 aromatic rings. The molecule has 1 aromatic carbocycles. The molecule has 0 saturated carbocycles. The van der Waals surface area contributed by atoms with E-state index >= 15 is 0 Å². The Balaban J connectivity index is 2.88. The summed E-state index contributed by atoms with van der Waals surface area (Å²) in [5.41, 5.74) is -3.36. The zero-order chi connectivity index (χ0) is 23.3. The molecule has 0 aliphatic heterocycles. The smallest absolute Gasteiger partial charge is 0.175 e. The van der Waals surface area contributed by atoms with Crippen molar-refractivity contribution >= 4 is 17.3 Å². The summed E-state index contributed by atoms with van der Waals surface area (Å²) in [6.07, 6.45) is 0.173. The second-order valence-corrected chi connectivity index (χ2v) is 9.20. The van der Waals surface area contributed by atoms with Crippen LogP contribution in [-0.4, -0.2) is 37.8 Å². The summed E-state index contributed by atoms with van der Waals surface area (Å²) in [7, 11) is 0. The molecular formula is C23H30O7. The molecule has 1 aliphatic carbocycles. The van der Waals surface area contributed by atoms with Gasteiger partial charge in [-0.3, -0.25) is 14.4 Å². The average molecular weight is 418 g/mol. The highest BCUT2D eigenvalue weighted by atomic mass is 16.3. The van der Waals surface area contributed by atoms with Crippen LogP contribution in [0.25, 0.3) is 0 Å². The van der Waals surface area contributed by atoms with Crippen molar-refractivity contribution in [1.29, 1.82) is 0 Å². The second kappa shape index (κ2) is 7.45. The number of carbonyl (C=O) groups is 3. The lowest BCUT2D eigenvalue weighted by Crippen LogP contribution is -2.49. The lowest BCUT2D eigenvalue weighted by molar-refractivity contribution is -0.144. The summed E-state index contributed by atoms with van der Waals surface area (Å²) in [5, 5.41) is 42.4. The first-order valence-electron chi connectivity index (χ1n) is 9.97. The molecule has 0 fully saturated rings. The molecule has 30 heavy (non-hydrogen) atoms. The summed E-state index contributed by atoms with van der Waals surface area (Å²) in [5.74, 6) is -5.28. The summed E-state index contributed by atoms with van der Waals surface area (Å²) in [6.45, 7) is 10.9. The van der Waals surface area contributed by atoms with Gasteiger partial charge < -0.3 is 20.4 Å². The molecule has 4 N–H and O–H groups in total. The molecular weight excluding hydrogens is 388 g/mol. The van der Waals surface area contributed by atoms with Crippen LogP contribution in [0.5, 0.6) is 17.2 Å². The normalized spacial score (nSPS) is 19.3. The summed E-state index contributed by atoms with van der Waals surface area (Å²) >= 11 is 0. The highest BCUT2D eigenvalue weighted by Gasteiger charge is 2.54. The summed E-state index contributed by atoms with van der Waals surface area (Å²) < 4.78 is 0. The number of aromatic hydroxyl groups is 3. The molecule has 0 unspecified atom stereocenters. The van der Waals surface area contributed by atoms with Crippen LogP contribution in [0, 0.1) is 16.7 Å². The van der Waals surface area contributed by atoms with Crippen molar-refractivity contribution in [2.75, 3.05) is 0 Å². The Bertz CT molecular complexity index is 964. The zero-order valence-electron chi connectivity index (χ0n) is 18.5. The lowest BCUT2D eigenvalue weighted by atomic mass is 9.61.